The molecule has 0 heterocycles. The van der Waals surface area contributed by atoms with Gasteiger partial charge in [-0.1, -0.05) is 0 Å². The van der Waals surface area contributed by atoms with Crippen molar-refractivity contribution in [1.29, 1.82) is 5.26 Å². The summed E-state index contributed by atoms with van der Waals surface area (Å²) in [5.41, 5.74) is 0. The van der Waals surface area contributed by atoms with E-state index < -0.39 is 20.0 Å². The molecule has 0 aliphatic carbocycles. The molecule has 0 saturated heterocycles. The summed E-state index contributed by atoms with van der Waals surface area (Å²) in [7, 11) is 1.59. The first-order valence-corrected chi connectivity index (χ1v) is 12.5. The first-order chi connectivity index (χ1) is 3.85. The molecule has 3 heteroatoms. The Hall–Kier alpha value is 0.710. The van der Waals surface area contributed by atoms with Crippen LogP contribution in [0.2, 0.25) is 8.35 Å². The molecule has 0 aliphatic rings. The van der Waals surface area contributed by atoms with E-state index in [0.29, 0.717) is 0 Å². The SMILES string of the molecule is C[CH2][In]([CH2]C)[S]C#N. The van der Waals surface area contributed by atoms with E-state index in [1.165, 1.54) is 8.35 Å². The Bertz CT molecular complexity index is 84.9. The van der Waals surface area contributed by atoms with E-state index in [1.807, 2.05) is 0 Å². The molecule has 0 amide bonds. The van der Waals surface area contributed by atoms with E-state index in [4.69, 9.17) is 5.26 Å². The Morgan fingerprint density at radius 2 is 2.00 bits per heavy atom. The van der Waals surface area contributed by atoms with Gasteiger partial charge in [0, 0.05) is 0 Å². The Kier molecular flexibility index (Phi) is 6.36. The van der Waals surface area contributed by atoms with Gasteiger partial charge in [-0.05, 0) is 0 Å². The molecule has 0 rings (SSSR count). The molecule has 0 bridgehead atoms. The summed E-state index contributed by atoms with van der Waals surface area (Å²) in [5.74, 6) is 0. The number of hydrogen-bond donors (Lipinski definition) is 0. The van der Waals surface area contributed by atoms with Gasteiger partial charge in [0.15, 0.2) is 0 Å². The fraction of sp³-hybridized carbons (Fsp3) is 0.800. The first kappa shape index (κ1) is 8.71. The van der Waals surface area contributed by atoms with E-state index in [0.717, 1.165) is 0 Å². The predicted molar refractivity (Wildman–Crippen MR) is 39.9 cm³/mol. The zero-order chi connectivity index (χ0) is 6.41. The average Bonchev–Trinajstić information content (AvgIpc) is 1.83. The quantitative estimate of drug-likeness (QED) is 0.695. The maximum absolute atomic E-state index is 8.26. The monoisotopic (exact) mass is 231 g/mol. The zero-order valence-electron chi connectivity index (χ0n) is 5.35. The van der Waals surface area contributed by atoms with Crippen molar-refractivity contribution < 1.29 is 0 Å². The average molecular weight is 231 g/mol. The summed E-state index contributed by atoms with van der Waals surface area (Å²) >= 11 is -1.25. The standard InChI is InChI=1S/2C2H5.CHNS.In/c2*1-2;2-1-3;/h2*1H2,2H3;3H;/q;;;+1/p-1. The first-order valence-electron chi connectivity index (χ1n) is 2.89. The second-order valence-electron chi connectivity index (χ2n) is 1.65. The topological polar surface area (TPSA) is 23.8 Å². The Morgan fingerprint density at radius 1 is 1.50 bits per heavy atom. The molecule has 8 heavy (non-hydrogen) atoms. The van der Waals surface area contributed by atoms with E-state index in [2.05, 4.69) is 19.2 Å². The van der Waals surface area contributed by atoms with Gasteiger partial charge in [0.1, 0.15) is 0 Å². The van der Waals surface area contributed by atoms with Crippen molar-refractivity contribution in [3.63, 3.8) is 0 Å². The van der Waals surface area contributed by atoms with Gasteiger partial charge in [0.2, 0.25) is 0 Å². The van der Waals surface area contributed by atoms with Crippen LogP contribution in [0.3, 0.4) is 0 Å². The summed E-state index contributed by atoms with van der Waals surface area (Å²) < 4.78 is 2.63. The van der Waals surface area contributed by atoms with Crippen molar-refractivity contribution in [3.05, 3.63) is 0 Å². The van der Waals surface area contributed by atoms with Crippen molar-refractivity contribution >= 4 is 28.6 Å². The van der Waals surface area contributed by atoms with Gasteiger partial charge in [0.05, 0.1) is 0 Å². The predicted octanol–water partition coefficient (Wildman–Crippen LogP) is 2.23. The number of thiocyanates is 1. The number of nitrogens with zero attached hydrogens (tertiary/aromatic N) is 1. The third-order valence-electron chi connectivity index (χ3n) is 1.13. The van der Waals surface area contributed by atoms with Gasteiger partial charge in [-0.2, -0.15) is 0 Å². The second kappa shape index (κ2) is 5.84. The summed E-state index contributed by atoms with van der Waals surface area (Å²) in [6, 6.07) is 0. The maximum atomic E-state index is 8.26. The van der Waals surface area contributed by atoms with Crippen molar-refractivity contribution in [3.8, 4) is 5.40 Å². The van der Waals surface area contributed by atoms with Gasteiger partial charge in [-0.15, -0.1) is 0 Å². The van der Waals surface area contributed by atoms with E-state index in [-0.39, 0.29) is 0 Å². The molecule has 0 saturated carbocycles. The summed E-state index contributed by atoms with van der Waals surface area (Å²) in [5, 5.41) is 10.4. The molecule has 0 spiro atoms. The third-order valence-corrected chi connectivity index (χ3v) is 15.0. The van der Waals surface area contributed by atoms with Crippen LogP contribution < -0.4 is 0 Å². The number of nitriles is 1. The Morgan fingerprint density at radius 3 is 2.12 bits per heavy atom. The van der Waals surface area contributed by atoms with E-state index in [1.54, 1.807) is 8.59 Å². The van der Waals surface area contributed by atoms with Gasteiger partial charge in [0.25, 0.3) is 0 Å². The molecule has 1 nitrogen and oxygen atoms in total. The van der Waals surface area contributed by atoms with Crippen LogP contribution >= 0.6 is 8.59 Å². The zero-order valence-corrected chi connectivity index (χ0v) is 9.46. The van der Waals surface area contributed by atoms with Gasteiger partial charge >= 0.3 is 61.4 Å². The van der Waals surface area contributed by atoms with Crippen molar-refractivity contribution in [2.45, 2.75) is 22.2 Å². The van der Waals surface area contributed by atoms with Crippen LogP contribution in [0.15, 0.2) is 0 Å². The molecule has 0 aromatic heterocycles. The normalized spacial score (nSPS) is 8.12. The number of rotatable bonds is 3. The number of hydrogen-bond acceptors (Lipinski definition) is 2. The molecule has 0 N–H and O–H groups in total. The minimum absolute atomic E-state index is 1.25. The molecular formula is C5H10InNS. The summed E-state index contributed by atoms with van der Waals surface area (Å²) in [6.07, 6.45) is 0. The fourth-order valence-electron chi connectivity index (χ4n) is 0.530. The van der Waals surface area contributed by atoms with Crippen molar-refractivity contribution in [2.24, 2.45) is 0 Å². The molecule has 0 aromatic carbocycles. The molecule has 0 aromatic rings. The van der Waals surface area contributed by atoms with Crippen LogP contribution in [0.4, 0.5) is 0 Å². The van der Waals surface area contributed by atoms with Gasteiger partial charge in [-0.25, -0.2) is 0 Å². The van der Waals surface area contributed by atoms with Crippen LogP contribution in [0.1, 0.15) is 13.8 Å². The molecule has 0 radical (unpaired) electrons. The third kappa shape index (κ3) is 3.68. The summed E-state index contributed by atoms with van der Waals surface area (Å²) in [4.78, 5) is 0. The van der Waals surface area contributed by atoms with E-state index in [9.17, 15) is 0 Å². The molecule has 44 valence electrons. The molecule has 0 unspecified atom stereocenters. The van der Waals surface area contributed by atoms with E-state index >= 15 is 0 Å². The van der Waals surface area contributed by atoms with Gasteiger partial charge < -0.3 is 0 Å². The molecular weight excluding hydrogens is 221 g/mol. The molecule has 0 fully saturated rings. The Labute approximate surface area is 61.3 Å². The fourth-order valence-corrected chi connectivity index (χ4v) is 6.79. The van der Waals surface area contributed by atoms with Crippen LogP contribution in [0.5, 0.6) is 0 Å². The van der Waals surface area contributed by atoms with Crippen LogP contribution in [-0.2, 0) is 0 Å². The minimum atomic E-state index is -1.25. The Balaban J connectivity index is 3.25. The molecule has 0 aliphatic heterocycles. The second-order valence-corrected chi connectivity index (χ2v) is 16.8. The van der Waals surface area contributed by atoms with Crippen LogP contribution in [0.25, 0.3) is 0 Å². The van der Waals surface area contributed by atoms with Crippen molar-refractivity contribution in [1.82, 2.24) is 0 Å². The van der Waals surface area contributed by atoms with Crippen LogP contribution in [0, 0.1) is 10.7 Å². The van der Waals surface area contributed by atoms with Crippen molar-refractivity contribution in [2.75, 3.05) is 0 Å². The van der Waals surface area contributed by atoms with Crippen LogP contribution in [-0.4, -0.2) is 20.0 Å². The summed E-state index contributed by atoms with van der Waals surface area (Å²) in [6.45, 7) is 4.41. The van der Waals surface area contributed by atoms with Gasteiger partial charge in [-0.3, -0.25) is 0 Å². The molecule has 0 atom stereocenters.